The fourth-order valence-electron chi connectivity index (χ4n) is 3.84. The Morgan fingerprint density at radius 3 is 2.42 bits per heavy atom. The highest BCUT2D eigenvalue weighted by Gasteiger charge is 2.37. The summed E-state index contributed by atoms with van der Waals surface area (Å²) in [5.74, 6) is -1.76. The van der Waals surface area contributed by atoms with Crippen molar-refractivity contribution in [3.8, 4) is 0 Å². The molecule has 2 aromatic carbocycles. The molecule has 0 spiro atoms. The van der Waals surface area contributed by atoms with Crippen LogP contribution in [-0.2, 0) is 11.2 Å². The number of rotatable bonds is 7. The maximum Gasteiger partial charge on any atom is 0.407 e. The molecule has 164 valence electrons. The Balaban J connectivity index is 1.98. The van der Waals surface area contributed by atoms with Crippen LogP contribution in [0.4, 0.5) is 4.79 Å². The van der Waals surface area contributed by atoms with Crippen LogP contribution in [0.2, 0.25) is 10.0 Å². The van der Waals surface area contributed by atoms with Crippen LogP contribution in [0, 0.1) is 0 Å². The van der Waals surface area contributed by atoms with E-state index in [1.807, 2.05) is 6.07 Å². The smallest absolute Gasteiger partial charge is 0.407 e. The number of carbonyl (C=O) groups excluding carboxylic acids is 1. The van der Waals surface area contributed by atoms with Gasteiger partial charge in [0.1, 0.15) is 6.04 Å². The lowest BCUT2D eigenvalue weighted by molar-refractivity contribution is -0.142. The molecule has 9 heteroatoms. The molecule has 2 aromatic rings. The minimum absolute atomic E-state index is 0.0477. The zero-order chi connectivity index (χ0) is 22.5. The van der Waals surface area contributed by atoms with Gasteiger partial charge in [-0.3, -0.25) is 4.79 Å². The second kappa shape index (κ2) is 10.0. The predicted molar refractivity (Wildman–Crippen MR) is 117 cm³/mol. The molecule has 0 aliphatic carbocycles. The van der Waals surface area contributed by atoms with Gasteiger partial charge < -0.3 is 20.0 Å². The average molecular weight is 465 g/mol. The van der Waals surface area contributed by atoms with Gasteiger partial charge in [0, 0.05) is 24.5 Å². The molecule has 0 saturated carbocycles. The molecule has 3 rings (SSSR count). The molecule has 2 atom stereocenters. The fourth-order valence-corrected chi connectivity index (χ4v) is 4.33. The number of amides is 2. The van der Waals surface area contributed by atoms with Crippen LogP contribution in [0.1, 0.15) is 28.8 Å². The molecule has 0 aromatic heterocycles. The zero-order valence-corrected chi connectivity index (χ0v) is 18.1. The van der Waals surface area contributed by atoms with E-state index < -0.39 is 30.1 Å². The number of aliphatic carboxylic acids is 1. The van der Waals surface area contributed by atoms with Crippen LogP contribution in [0.5, 0.6) is 0 Å². The van der Waals surface area contributed by atoms with Gasteiger partial charge in [0.2, 0.25) is 0 Å². The molecule has 1 heterocycles. The highest BCUT2D eigenvalue weighted by molar-refractivity contribution is 6.36. The molecule has 1 aliphatic heterocycles. The number of hydrogen-bond acceptors (Lipinski definition) is 3. The number of benzene rings is 2. The first-order valence-electron chi connectivity index (χ1n) is 9.80. The Morgan fingerprint density at radius 2 is 1.81 bits per heavy atom. The second-order valence-electron chi connectivity index (χ2n) is 7.40. The maximum atomic E-state index is 13.4. The number of hydrogen-bond donors (Lipinski definition) is 2. The van der Waals surface area contributed by atoms with Crippen LogP contribution in [-0.4, -0.2) is 63.2 Å². The first kappa shape index (κ1) is 22.9. The third kappa shape index (κ3) is 5.48. The van der Waals surface area contributed by atoms with E-state index in [2.05, 4.69) is 0 Å². The van der Waals surface area contributed by atoms with Gasteiger partial charge in [-0.1, -0.05) is 53.5 Å². The molecule has 7 nitrogen and oxygen atoms in total. The minimum atomic E-state index is -1.20. The van der Waals surface area contributed by atoms with Crippen LogP contribution in [0.25, 0.3) is 0 Å². The molecule has 0 radical (unpaired) electrons. The van der Waals surface area contributed by atoms with Crippen molar-refractivity contribution in [1.82, 2.24) is 9.80 Å². The van der Waals surface area contributed by atoms with Crippen molar-refractivity contribution in [1.29, 1.82) is 0 Å². The quantitative estimate of drug-likeness (QED) is 0.637. The van der Waals surface area contributed by atoms with Gasteiger partial charge in [-0.25, -0.2) is 9.59 Å². The van der Waals surface area contributed by atoms with Gasteiger partial charge in [-0.15, -0.1) is 0 Å². The van der Waals surface area contributed by atoms with Gasteiger partial charge in [0.15, 0.2) is 0 Å². The predicted octanol–water partition coefficient (Wildman–Crippen LogP) is 4.27. The Kier molecular flexibility index (Phi) is 7.41. The van der Waals surface area contributed by atoms with Crippen molar-refractivity contribution in [3.63, 3.8) is 0 Å². The van der Waals surface area contributed by atoms with Gasteiger partial charge in [0.05, 0.1) is 16.6 Å². The SMILES string of the molecule is O=C(O)[C@@H](Cc1ccccc1)N(CC1CCCN1C(=O)O)C(=O)c1ccc(Cl)cc1Cl. The van der Waals surface area contributed by atoms with Crippen molar-refractivity contribution in [2.45, 2.75) is 31.3 Å². The number of likely N-dealkylation sites (tertiary alicyclic amines) is 1. The zero-order valence-electron chi connectivity index (χ0n) is 16.6. The highest BCUT2D eigenvalue weighted by atomic mass is 35.5. The Morgan fingerprint density at radius 1 is 1.10 bits per heavy atom. The van der Waals surface area contributed by atoms with Crippen LogP contribution >= 0.6 is 23.2 Å². The first-order chi connectivity index (χ1) is 14.8. The lowest BCUT2D eigenvalue weighted by Crippen LogP contribution is -2.52. The fraction of sp³-hybridized carbons (Fsp3) is 0.318. The summed E-state index contributed by atoms with van der Waals surface area (Å²) in [5, 5.41) is 19.9. The van der Waals surface area contributed by atoms with Gasteiger partial charge in [0.25, 0.3) is 5.91 Å². The molecule has 1 fully saturated rings. The number of carboxylic acids is 1. The van der Waals surface area contributed by atoms with Gasteiger partial charge in [-0.05, 0) is 36.6 Å². The van der Waals surface area contributed by atoms with E-state index in [-0.39, 0.29) is 23.6 Å². The largest absolute Gasteiger partial charge is 0.480 e. The molecule has 0 bridgehead atoms. The number of carbonyl (C=O) groups is 3. The van der Waals surface area contributed by atoms with Crippen molar-refractivity contribution in [2.24, 2.45) is 0 Å². The molecular formula is C22H22Cl2N2O5. The number of nitrogens with zero attached hydrogens (tertiary/aromatic N) is 2. The molecular weight excluding hydrogens is 443 g/mol. The van der Waals surface area contributed by atoms with Gasteiger partial charge in [-0.2, -0.15) is 0 Å². The molecule has 1 saturated heterocycles. The number of halogens is 2. The summed E-state index contributed by atoms with van der Waals surface area (Å²) in [6, 6.07) is 11.7. The maximum absolute atomic E-state index is 13.4. The topological polar surface area (TPSA) is 98.2 Å². The third-order valence-electron chi connectivity index (χ3n) is 5.39. The van der Waals surface area contributed by atoms with E-state index in [1.54, 1.807) is 24.3 Å². The normalized spacial score (nSPS) is 16.7. The summed E-state index contributed by atoms with van der Waals surface area (Å²) in [7, 11) is 0. The summed E-state index contributed by atoms with van der Waals surface area (Å²) in [5.41, 5.74) is 0.863. The Labute approximate surface area is 189 Å². The molecule has 1 unspecified atom stereocenters. The summed E-state index contributed by atoms with van der Waals surface area (Å²) >= 11 is 12.2. The van der Waals surface area contributed by atoms with E-state index in [1.165, 1.54) is 28.0 Å². The Bertz CT molecular complexity index is 970. The molecule has 31 heavy (non-hydrogen) atoms. The van der Waals surface area contributed by atoms with Gasteiger partial charge >= 0.3 is 12.1 Å². The monoisotopic (exact) mass is 464 g/mol. The number of carboxylic acid groups (broad SMARTS) is 2. The van der Waals surface area contributed by atoms with Crippen molar-refractivity contribution < 1.29 is 24.6 Å². The molecule has 2 amide bonds. The second-order valence-corrected chi connectivity index (χ2v) is 8.24. The average Bonchev–Trinajstić information content (AvgIpc) is 3.19. The standard InChI is InChI=1S/C22H22Cl2N2O5/c23-15-8-9-17(18(24)12-15)20(27)26(13-16-7-4-10-25(16)22(30)31)19(21(28)29)11-14-5-2-1-3-6-14/h1-3,5-6,8-9,12,16,19H,4,7,10-11,13H2,(H,28,29)(H,30,31)/t16?,19-/m1/s1. The van der Waals surface area contributed by atoms with Crippen molar-refractivity contribution in [2.75, 3.05) is 13.1 Å². The summed E-state index contributed by atoms with van der Waals surface area (Å²) in [6.07, 6.45) is 0.181. The minimum Gasteiger partial charge on any atom is -0.480 e. The van der Waals surface area contributed by atoms with Crippen molar-refractivity contribution in [3.05, 3.63) is 69.7 Å². The lowest BCUT2D eigenvalue weighted by atomic mass is 10.0. The van der Waals surface area contributed by atoms with E-state index in [0.29, 0.717) is 24.4 Å². The van der Waals surface area contributed by atoms with E-state index in [9.17, 15) is 24.6 Å². The van der Waals surface area contributed by atoms with E-state index in [0.717, 1.165) is 5.56 Å². The van der Waals surface area contributed by atoms with Crippen LogP contribution in [0.3, 0.4) is 0 Å². The Hall–Kier alpha value is -2.77. The first-order valence-corrected chi connectivity index (χ1v) is 10.6. The molecule has 1 aliphatic rings. The summed E-state index contributed by atoms with van der Waals surface area (Å²) < 4.78 is 0. The van der Waals surface area contributed by atoms with Crippen molar-refractivity contribution >= 4 is 41.2 Å². The summed E-state index contributed by atoms with van der Waals surface area (Å²) in [6.45, 7) is 0.300. The molecule has 2 N–H and O–H groups in total. The lowest BCUT2D eigenvalue weighted by Gasteiger charge is -2.34. The van der Waals surface area contributed by atoms with E-state index >= 15 is 0 Å². The van der Waals surface area contributed by atoms with E-state index in [4.69, 9.17) is 23.2 Å². The summed E-state index contributed by atoms with van der Waals surface area (Å²) in [4.78, 5) is 39.7. The highest BCUT2D eigenvalue weighted by Crippen LogP contribution is 2.26. The van der Waals surface area contributed by atoms with Crippen LogP contribution in [0.15, 0.2) is 48.5 Å². The third-order valence-corrected chi connectivity index (χ3v) is 5.93. The van der Waals surface area contributed by atoms with Crippen LogP contribution < -0.4 is 0 Å².